The number of hydrogen-bond acceptors (Lipinski definition) is 4. The topological polar surface area (TPSA) is 68.3 Å². The van der Waals surface area contributed by atoms with Gasteiger partial charge in [0.25, 0.3) is 0 Å². The molecule has 4 heteroatoms. The Morgan fingerprint density at radius 2 is 1.48 bits per heavy atom. The highest BCUT2D eigenvalue weighted by molar-refractivity contribution is 6.38. The summed E-state index contributed by atoms with van der Waals surface area (Å²) >= 11 is 0. The smallest absolute Gasteiger partial charge is 0.201 e. The molecule has 0 aromatic rings. The summed E-state index contributed by atoms with van der Waals surface area (Å²) in [6, 6.07) is 0. The van der Waals surface area contributed by atoms with Crippen molar-refractivity contribution in [3.8, 4) is 0 Å². The van der Waals surface area contributed by atoms with Crippen LogP contribution in [0.5, 0.6) is 0 Å². The van der Waals surface area contributed by atoms with Crippen LogP contribution in [-0.2, 0) is 19.2 Å². The number of rotatable bonds is 20. The molecule has 2 saturated carbocycles. The molecule has 0 N–H and O–H groups in total. The SMILES string of the molecule is C=CCCC(=O)C(=O)C(CCC=C)CC(=O)C(CC(=O)C(CC(=C)CC(C)(C)C)C1CCCCC1)C1C(CC)C1(C)C. The normalized spacial score (nSPS) is 22.4. The maximum Gasteiger partial charge on any atom is 0.201 e. The van der Waals surface area contributed by atoms with Gasteiger partial charge in [-0.05, 0) is 73.5 Å². The van der Waals surface area contributed by atoms with Crippen LogP contribution in [-0.4, -0.2) is 23.1 Å². The molecule has 0 radical (unpaired) electrons. The van der Waals surface area contributed by atoms with Crippen molar-refractivity contribution in [2.24, 2.45) is 46.3 Å². The van der Waals surface area contributed by atoms with Crippen LogP contribution in [0, 0.1) is 46.3 Å². The van der Waals surface area contributed by atoms with E-state index in [1.54, 1.807) is 12.2 Å². The van der Waals surface area contributed by atoms with Gasteiger partial charge in [-0.15, -0.1) is 13.2 Å². The van der Waals surface area contributed by atoms with Crippen molar-refractivity contribution in [3.05, 3.63) is 37.5 Å². The van der Waals surface area contributed by atoms with Gasteiger partial charge in [0.2, 0.25) is 5.78 Å². The monoisotopic (exact) mass is 580 g/mol. The van der Waals surface area contributed by atoms with Crippen LogP contribution >= 0.6 is 0 Å². The second-order valence-corrected chi connectivity index (χ2v) is 15.2. The lowest BCUT2D eigenvalue weighted by Gasteiger charge is -2.32. The number of Topliss-reactive ketones (excluding diaryl/α,β-unsaturated/α-hetero) is 4. The predicted octanol–water partition coefficient (Wildman–Crippen LogP) is 9.47. The summed E-state index contributed by atoms with van der Waals surface area (Å²) in [5, 5.41) is 0. The molecule has 0 spiro atoms. The molecule has 236 valence electrons. The van der Waals surface area contributed by atoms with Crippen molar-refractivity contribution in [2.75, 3.05) is 0 Å². The average Bonchev–Trinajstić information content (AvgIpc) is 3.49. The van der Waals surface area contributed by atoms with Gasteiger partial charge < -0.3 is 0 Å². The molecule has 2 fully saturated rings. The first-order valence-corrected chi connectivity index (χ1v) is 16.7. The molecule has 0 aromatic heterocycles. The van der Waals surface area contributed by atoms with Gasteiger partial charge in [0.15, 0.2) is 5.78 Å². The molecule has 0 heterocycles. The molecule has 2 aliphatic carbocycles. The molecular formula is C38H60O4. The van der Waals surface area contributed by atoms with E-state index in [4.69, 9.17) is 0 Å². The minimum absolute atomic E-state index is 0.0211. The van der Waals surface area contributed by atoms with Crippen LogP contribution in [0.4, 0.5) is 0 Å². The molecule has 5 unspecified atom stereocenters. The first kappa shape index (κ1) is 36.1. The lowest BCUT2D eigenvalue weighted by Crippen LogP contribution is -2.33. The van der Waals surface area contributed by atoms with Gasteiger partial charge in [0, 0.05) is 37.0 Å². The third-order valence-electron chi connectivity index (χ3n) is 10.2. The molecule has 2 aliphatic rings. The first-order chi connectivity index (χ1) is 19.7. The van der Waals surface area contributed by atoms with Gasteiger partial charge in [0.1, 0.15) is 11.6 Å². The maximum atomic E-state index is 14.3. The highest BCUT2D eigenvalue weighted by Gasteiger charge is 2.61. The summed E-state index contributed by atoms with van der Waals surface area (Å²) in [5.74, 6) is -1.05. The Bertz CT molecular complexity index is 987. The zero-order chi connectivity index (χ0) is 31.7. The second-order valence-electron chi connectivity index (χ2n) is 15.2. The third-order valence-corrected chi connectivity index (χ3v) is 10.2. The van der Waals surface area contributed by atoms with E-state index in [2.05, 4.69) is 61.3 Å². The van der Waals surface area contributed by atoms with E-state index in [0.29, 0.717) is 37.5 Å². The van der Waals surface area contributed by atoms with Gasteiger partial charge in [-0.25, -0.2) is 0 Å². The minimum Gasteiger partial charge on any atom is -0.299 e. The van der Waals surface area contributed by atoms with E-state index < -0.39 is 23.4 Å². The Kier molecular flexibility index (Phi) is 13.8. The Labute approximate surface area is 257 Å². The zero-order valence-electron chi connectivity index (χ0n) is 27.8. The summed E-state index contributed by atoms with van der Waals surface area (Å²) in [6.07, 6.45) is 13.4. The van der Waals surface area contributed by atoms with Crippen molar-refractivity contribution < 1.29 is 19.2 Å². The average molecular weight is 581 g/mol. The van der Waals surface area contributed by atoms with Crippen LogP contribution in [0.2, 0.25) is 0 Å². The number of carbonyl (C=O) groups is 4. The quantitative estimate of drug-likeness (QED) is 0.106. The van der Waals surface area contributed by atoms with Gasteiger partial charge in [-0.1, -0.05) is 91.5 Å². The van der Waals surface area contributed by atoms with Crippen LogP contribution in [0.25, 0.3) is 0 Å². The van der Waals surface area contributed by atoms with E-state index in [1.165, 1.54) is 6.42 Å². The summed E-state index contributed by atoms with van der Waals surface area (Å²) in [5.41, 5.74) is 1.21. The number of carbonyl (C=O) groups excluding carboxylic acids is 4. The summed E-state index contributed by atoms with van der Waals surface area (Å²) < 4.78 is 0. The van der Waals surface area contributed by atoms with Crippen molar-refractivity contribution in [3.63, 3.8) is 0 Å². The van der Waals surface area contributed by atoms with Gasteiger partial charge in [0.05, 0.1) is 0 Å². The van der Waals surface area contributed by atoms with E-state index in [1.807, 2.05) is 0 Å². The molecule has 4 nitrogen and oxygen atoms in total. The molecule has 0 saturated heterocycles. The Morgan fingerprint density at radius 1 is 0.881 bits per heavy atom. The third kappa shape index (κ3) is 10.3. The Hall–Kier alpha value is -2.10. The van der Waals surface area contributed by atoms with E-state index in [9.17, 15) is 19.2 Å². The van der Waals surface area contributed by atoms with Crippen molar-refractivity contribution in [1.82, 2.24) is 0 Å². The van der Waals surface area contributed by atoms with Gasteiger partial charge >= 0.3 is 0 Å². The van der Waals surface area contributed by atoms with E-state index in [-0.39, 0.29) is 53.5 Å². The van der Waals surface area contributed by atoms with Crippen LogP contribution in [0.3, 0.4) is 0 Å². The molecule has 0 amide bonds. The standard InChI is InChI=1S/C38H60O4/c1-10-13-18-28(36(42)32(39)21-14-11-2)23-33(40)30(35-31(12-3)38(35,8)9)24-34(41)29(27-19-16-15-17-20-27)22-26(4)25-37(5,6)7/h10-11,27-31,35H,1-2,4,12-25H2,3,5-9H3. The van der Waals surface area contributed by atoms with Crippen molar-refractivity contribution in [1.29, 1.82) is 0 Å². The van der Waals surface area contributed by atoms with Gasteiger partial charge in [-0.3, -0.25) is 19.2 Å². The Balaban J connectivity index is 2.34. The lowest BCUT2D eigenvalue weighted by atomic mass is 9.71. The minimum atomic E-state index is -0.659. The fourth-order valence-electron chi connectivity index (χ4n) is 8.01. The van der Waals surface area contributed by atoms with E-state index in [0.717, 1.165) is 44.1 Å². The first-order valence-electron chi connectivity index (χ1n) is 16.7. The molecular weight excluding hydrogens is 520 g/mol. The highest BCUT2D eigenvalue weighted by atomic mass is 16.2. The summed E-state index contributed by atoms with van der Waals surface area (Å²) in [6.45, 7) is 25.0. The second kappa shape index (κ2) is 16.1. The molecule has 5 atom stereocenters. The maximum absolute atomic E-state index is 14.3. The van der Waals surface area contributed by atoms with Gasteiger partial charge in [-0.2, -0.15) is 0 Å². The molecule has 42 heavy (non-hydrogen) atoms. The fraction of sp³-hybridized carbons (Fsp3) is 0.737. The fourth-order valence-corrected chi connectivity index (χ4v) is 8.01. The highest BCUT2D eigenvalue weighted by Crippen LogP contribution is 2.64. The van der Waals surface area contributed by atoms with Crippen molar-refractivity contribution in [2.45, 2.75) is 131 Å². The number of ketones is 4. The molecule has 0 aliphatic heterocycles. The Morgan fingerprint density at radius 3 is 2.00 bits per heavy atom. The summed E-state index contributed by atoms with van der Waals surface area (Å²) in [4.78, 5) is 54.3. The summed E-state index contributed by atoms with van der Waals surface area (Å²) in [7, 11) is 0. The number of hydrogen-bond donors (Lipinski definition) is 0. The predicted molar refractivity (Wildman–Crippen MR) is 174 cm³/mol. The van der Waals surface area contributed by atoms with Crippen LogP contribution in [0.15, 0.2) is 37.5 Å². The molecule has 0 bridgehead atoms. The largest absolute Gasteiger partial charge is 0.299 e. The molecule has 2 rings (SSSR count). The lowest BCUT2D eigenvalue weighted by molar-refractivity contribution is -0.141. The van der Waals surface area contributed by atoms with Crippen LogP contribution < -0.4 is 0 Å². The molecule has 0 aromatic carbocycles. The zero-order valence-corrected chi connectivity index (χ0v) is 27.8. The van der Waals surface area contributed by atoms with Crippen LogP contribution in [0.1, 0.15) is 131 Å². The number of allylic oxidation sites excluding steroid dienone is 3. The van der Waals surface area contributed by atoms with Crippen molar-refractivity contribution >= 4 is 23.1 Å². The van der Waals surface area contributed by atoms with E-state index >= 15 is 0 Å².